The minimum Gasteiger partial charge on any atom is -0.481 e. The minimum atomic E-state index is -4.47. The third-order valence-electron chi connectivity index (χ3n) is 2.58. The number of carboxylic acids is 1. The monoisotopic (exact) mass is 280 g/mol. The van der Waals surface area contributed by atoms with Gasteiger partial charge in [-0.25, -0.2) is 0 Å². The third-order valence-corrected chi connectivity index (χ3v) is 2.95. The van der Waals surface area contributed by atoms with Crippen molar-refractivity contribution in [1.82, 2.24) is 0 Å². The van der Waals surface area contributed by atoms with Gasteiger partial charge in [-0.3, -0.25) is 4.79 Å². The molecule has 1 N–H and O–H groups in total. The zero-order valence-electron chi connectivity index (χ0n) is 9.81. The van der Waals surface area contributed by atoms with Crippen LogP contribution in [0.2, 0.25) is 5.02 Å². The van der Waals surface area contributed by atoms with Gasteiger partial charge in [-0.05, 0) is 44.0 Å². The molecule has 0 fully saturated rings. The van der Waals surface area contributed by atoms with E-state index in [0.29, 0.717) is 0 Å². The summed E-state index contributed by atoms with van der Waals surface area (Å²) in [7, 11) is 0. The molecule has 0 aliphatic heterocycles. The Kier molecular flexibility index (Phi) is 3.96. The lowest BCUT2D eigenvalue weighted by Gasteiger charge is -2.20. The van der Waals surface area contributed by atoms with E-state index >= 15 is 0 Å². The average molecular weight is 281 g/mol. The molecule has 0 radical (unpaired) electrons. The first-order valence-electron chi connectivity index (χ1n) is 5.13. The van der Waals surface area contributed by atoms with E-state index in [1.54, 1.807) is 0 Å². The van der Waals surface area contributed by atoms with Gasteiger partial charge in [0.15, 0.2) is 0 Å². The van der Waals surface area contributed by atoms with Gasteiger partial charge in [-0.15, -0.1) is 0 Å². The fourth-order valence-corrected chi connectivity index (χ4v) is 1.62. The summed E-state index contributed by atoms with van der Waals surface area (Å²) in [5, 5.41) is 9.09. The van der Waals surface area contributed by atoms with Crippen LogP contribution in [0.1, 0.15) is 25.0 Å². The van der Waals surface area contributed by atoms with Crippen LogP contribution in [0.5, 0.6) is 0 Å². The summed E-state index contributed by atoms with van der Waals surface area (Å²) in [5.74, 6) is -1.09. The molecule has 1 rings (SSSR count). The Hall–Kier alpha value is -1.23. The number of aliphatic carboxylic acids is 1. The molecular weight excluding hydrogens is 269 g/mol. The number of hydrogen-bond acceptors (Lipinski definition) is 1. The molecule has 0 aliphatic carbocycles. The van der Waals surface area contributed by atoms with Gasteiger partial charge < -0.3 is 5.11 Å². The number of hydrogen-bond donors (Lipinski definition) is 1. The van der Waals surface area contributed by atoms with Gasteiger partial charge in [0.1, 0.15) is 0 Å². The second-order valence-corrected chi connectivity index (χ2v) is 5.08. The number of alkyl halides is 3. The van der Waals surface area contributed by atoms with Gasteiger partial charge in [0.25, 0.3) is 0 Å². The second kappa shape index (κ2) is 4.80. The van der Waals surface area contributed by atoms with Gasteiger partial charge >= 0.3 is 12.1 Å². The van der Waals surface area contributed by atoms with Crippen LogP contribution >= 0.6 is 11.6 Å². The van der Waals surface area contributed by atoms with Gasteiger partial charge in [-0.2, -0.15) is 13.2 Å². The van der Waals surface area contributed by atoms with Crippen molar-refractivity contribution >= 4 is 17.6 Å². The molecule has 100 valence electrons. The molecule has 0 saturated carbocycles. The van der Waals surface area contributed by atoms with Crippen LogP contribution in [0.4, 0.5) is 13.2 Å². The Morgan fingerprint density at radius 3 is 2.33 bits per heavy atom. The summed E-state index contributed by atoms with van der Waals surface area (Å²) in [6.45, 7) is 2.87. The van der Waals surface area contributed by atoms with Gasteiger partial charge in [0.05, 0.1) is 11.0 Å². The molecule has 0 saturated heterocycles. The minimum absolute atomic E-state index is 0.0644. The molecule has 0 bridgehead atoms. The molecule has 2 nitrogen and oxygen atoms in total. The molecule has 0 atom stereocenters. The molecule has 6 heteroatoms. The largest absolute Gasteiger partial charge is 0.481 e. The average Bonchev–Trinajstić information content (AvgIpc) is 2.19. The molecule has 0 unspecified atom stereocenters. The normalized spacial score (nSPS) is 12.6. The first kappa shape index (κ1) is 14.8. The van der Waals surface area contributed by atoms with Crippen molar-refractivity contribution in [3.63, 3.8) is 0 Å². The highest BCUT2D eigenvalue weighted by Gasteiger charge is 2.33. The van der Waals surface area contributed by atoms with Crippen LogP contribution in [-0.2, 0) is 17.4 Å². The predicted octanol–water partition coefficient (Wildman–Crippen LogP) is 4.01. The van der Waals surface area contributed by atoms with Crippen molar-refractivity contribution < 1.29 is 23.1 Å². The smallest absolute Gasteiger partial charge is 0.416 e. The standard InChI is InChI=1S/C12H12ClF3O2/c1-11(2,10(17)18)6-7-5-8(12(14,15)16)3-4-9(7)13/h3-5H,6H2,1-2H3,(H,17,18). The van der Waals surface area contributed by atoms with Crippen molar-refractivity contribution in [3.8, 4) is 0 Å². The molecule has 18 heavy (non-hydrogen) atoms. The Bertz CT molecular complexity index is 467. The van der Waals surface area contributed by atoms with Crippen molar-refractivity contribution in [1.29, 1.82) is 0 Å². The van der Waals surface area contributed by atoms with Crippen molar-refractivity contribution in [3.05, 3.63) is 34.3 Å². The van der Waals surface area contributed by atoms with Crippen molar-refractivity contribution in [2.45, 2.75) is 26.4 Å². The van der Waals surface area contributed by atoms with E-state index in [1.807, 2.05) is 0 Å². The highest BCUT2D eigenvalue weighted by Crippen LogP contribution is 2.34. The number of benzene rings is 1. The lowest BCUT2D eigenvalue weighted by atomic mass is 9.85. The van der Waals surface area contributed by atoms with E-state index in [-0.39, 0.29) is 17.0 Å². The van der Waals surface area contributed by atoms with E-state index in [0.717, 1.165) is 18.2 Å². The zero-order chi connectivity index (χ0) is 14.1. The molecule has 1 aromatic carbocycles. The van der Waals surface area contributed by atoms with Crippen LogP contribution in [0.25, 0.3) is 0 Å². The second-order valence-electron chi connectivity index (χ2n) is 4.67. The Morgan fingerprint density at radius 2 is 1.89 bits per heavy atom. The van der Waals surface area contributed by atoms with E-state index in [4.69, 9.17) is 16.7 Å². The first-order valence-corrected chi connectivity index (χ1v) is 5.51. The number of carboxylic acid groups (broad SMARTS) is 1. The SMILES string of the molecule is CC(C)(Cc1cc(C(F)(F)F)ccc1Cl)C(=O)O. The van der Waals surface area contributed by atoms with Crippen LogP contribution < -0.4 is 0 Å². The molecule has 0 aliphatic rings. The zero-order valence-corrected chi connectivity index (χ0v) is 10.6. The maximum atomic E-state index is 12.5. The first-order chi connectivity index (χ1) is 8.04. The number of carbonyl (C=O) groups is 1. The fourth-order valence-electron chi connectivity index (χ4n) is 1.44. The third kappa shape index (κ3) is 3.38. The quantitative estimate of drug-likeness (QED) is 0.908. The molecule has 1 aromatic rings. The van der Waals surface area contributed by atoms with E-state index in [1.165, 1.54) is 13.8 Å². The molecule has 0 spiro atoms. The summed E-state index contributed by atoms with van der Waals surface area (Å²) >= 11 is 5.80. The molecule has 0 heterocycles. The van der Waals surface area contributed by atoms with Crippen LogP contribution in [0, 0.1) is 5.41 Å². The predicted molar refractivity (Wildman–Crippen MR) is 61.6 cm³/mol. The van der Waals surface area contributed by atoms with Crippen LogP contribution in [-0.4, -0.2) is 11.1 Å². The van der Waals surface area contributed by atoms with Gasteiger partial charge in [0.2, 0.25) is 0 Å². The van der Waals surface area contributed by atoms with Crippen LogP contribution in [0.3, 0.4) is 0 Å². The maximum Gasteiger partial charge on any atom is 0.416 e. The van der Waals surface area contributed by atoms with E-state index in [2.05, 4.69) is 0 Å². The van der Waals surface area contributed by atoms with Crippen LogP contribution in [0.15, 0.2) is 18.2 Å². The van der Waals surface area contributed by atoms with E-state index < -0.39 is 23.1 Å². The number of rotatable bonds is 3. The van der Waals surface area contributed by atoms with Gasteiger partial charge in [0, 0.05) is 5.02 Å². The van der Waals surface area contributed by atoms with Gasteiger partial charge in [-0.1, -0.05) is 11.6 Å². The Labute approximate surface area is 107 Å². The lowest BCUT2D eigenvalue weighted by molar-refractivity contribution is -0.146. The summed E-state index contributed by atoms with van der Waals surface area (Å²) < 4.78 is 37.6. The van der Waals surface area contributed by atoms with Crippen molar-refractivity contribution in [2.24, 2.45) is 5.41 Å². The maximum absolute atomic E-state index is 12.5. The number of halogens is 4. The Morgan fingerprint density at radius 1 is 1.33 bits per heavy atom. The molecule has 0 aromatic heterocycles. The van der Waals surface area contributed by atoms with E-state index in [9.17, 15) is 18.0 Å². The highest BCUT2D eigenvalue weighted by atomic mass is 35.5. The lowest BCUT2D eigenvalue weighted by Crippen LogP contribution is -2.26. The summed E-state index contributed by atoms with van der Waals surface area (Å²) in [6.07, 6.45) is -4.53. The summed E-state index contributed by atoms with van der Waals surface area (Å²) in [6, 6.07) is 2.91. The molecule has 0 amide bonds. The summed E-state index contributed by atoms with van der Waals surface area (Å²) in [4.78, 5) is 11.0. The Balaban J connectivity index is 3.14. The summed E-state index contributed by atoms with van der Waals surface area (Å²) in [5.41, 5.74) is -1.82. The fraction of sp³-hybridized carbons (Fsp3) is 0.417. The topological polar surface area (TPSA) is 37.3 Å². The van der Waals surface area contributed by atoms with Crippen molar-refractivity contribution in [2.75, 3.05) is 0 Å². The highest BCUT2D eigenvalue weighted by molar-refractivity contribution is 6.31. The molecular formula is C12H12ClF3O2.